The van der Waals surface area contributed by atoms with Gasteiger partial charge in [-0.15, -0.1) is 11.8 Å². The highest BCUT2D eigenvalue weighted by molar-refractivity contribution is 8.00. The summed E-state index contributed by atoms with van der Waals surface area (Å²) in [6.07, 6.45) is 2.62. The van der Waals surface area contributed by atoms with Crippen LogP contribution in [0.1, 0.15) is 37.6 Å². The molecule has 0 spiro atoms. The van der Waals surface area contributed by atoms with Crippen molar-refractivity contribution in [3.05, 3.63) is 23.9 Å². The Kier molecular flexibility index (Phi) is 4.70. The molecule has 0 N–H and O–H groups in total. The van der Waals surface area contributed by atoms with Crippen LogP contribution >= 0.6 is 11.8 Å². The van der Waals surface area contributed by atoms with Gasteiger partial charge in [0.05, 0.1) is 17.7 Å². The van der Waals surface area contributed by atoms with Gasteiger partial charge in [-0.2, -0.15) is 0 Å². The molecular weight excluding hydrogens is 272 g/mol. The van der Waals surface area contributed by atoms with Crippen molar-refractivity contribution in [3.63, 3.8) is 0 Å². The highest BCUT2D eigenvalue weighted by atomic mass is 32.2. The lowest BCUT2D eigenvalue weighted by Crippen LogP contribution is -2.37. The van der Waals surface area contributed by atoms with Gasteiger partial charge in [0.2, 0.25) is 0 Å². The molecule has 1 atom stereocenters. The SMILES string of the molecule is CN(C(=O)c1ccnc(SC(C)(C)C)c1)C1CCOC1. The second-order valence-corrected chi connectivity index (χ2v) is 7.88. The highest BCUT2D eigenvalue weighted by Crippen LogP contribution is 2.30. The molecule has 110 valence electrons. The van der Waals surface area contributed by atoms with Crippen molar-refractivity contribution in [1.82, 2.24) is 9.88 Å². The molecule has 0 radical (unpaired) electrons. The summed E-state index contributed by atoms with van der Waals surface area (Å²) in [5.74, 6) is 0.0404. The van der Waals surface area contributed by atoms with Crippen molar-refractivity contribution in [2.75, 3.05) is 20.3 Å². The van der Waals surface area contributed by atoms with Crippen LogP contribution < -0.4 is 0 Å². The summed E-state index contributed by atoms with van der Waals surface area (Å²) < 4.78 is 5.43. The Labute approximate surface area is 124 Å². The highest BCUT2D eigenvalue weighted by Gasteiger charge is 2.25. The number of ether oxygens (including phenoxy) is 1. The minimum Gasteiger partial charge on any atom is -0.379 e. The van der Waals surface area contributed by atoms with Gasteiger partial charge in [-0.1, -0.05) is 20.8 Å². The summed E-state index contributed by atoms with van der Waals surface area (Å²) in [6, 6.07) is 3.85. The summed E-state index contributed by atoms with van der Waals surface area (Å²) in [6.45, 7) is 7.78. The lowest BCUT2D eigenvalue weighted by Gasteiger charge is -2.23. The third-order valence-corrected chi connectivity index (χ3v) is 4.21. The van der Waals surface area contributed by atoms with E-state index in [1.165, 1.54) is 0 Å². The van der Waals surface area contributed by atoms with Crippen molar-refractivity contribution in [2.24, 2.45) is 0 Å². The van der Waals surface area contributed by atoms with Crippen molar-refractivity contribution in [1.29, 1.82) is 0 Å². The Morgan fingerprint density at radius 2 is 2.25 bits per heavy atom. The van der Waals surface area contributed by atoms with Gasteiger partial charge < -0.3 is 9.64 Å². The zero-order valence-corrected chi connectivity index (χ0v) is 13.4. The lowest BCUT2D eigenvalue weighted by molar-refractivity contribution is 0.0711. The first-order valence-electron chi connectivity index (χ1n) is 6.87. The largest absolute Gasteiger partial charge is 0.379 e. The second-order valence-electron chi connectivity index (χ2n) is 6.03. The normalized spacial score (nSPS) is 19.1. The third kappa shape index (κ3) is 3.96. The lowest BCUT2D eigenvalue weighted by atomic mass is 10.2. The standard InChI is InChI=1S/C15H22N2O2S/c1-15(2,3)20-13-9-11(5-7-16-13)14(18)17(4)12-6-8-19-10-12/h5,7,9,12H,6,8,10H2,1-4H3. The number of hydrogen-bond donors (Lipinski definition) is 0. The van der Waals surface area contributed by atoms with Gasteiger partial charge in [-0.3, -0.25) is 4.79 Å². The molecule has 5 heteroatoms. The number of pyridine rings is 1. The molecule has 1 aromatic rings. The fourth-order valence-electron chi connectivity index (χ4n) is 2.11. The third-order valence-electron chi connectivity index (χ3n) is 3.17. The monoisotopic (exact) mass is 294 g/mol. The fraction of sp³-hybridized carbons (Fsp3) is 0.600. The molecule has 2 heterocycles. The van der Waals surface area contributed by atoms with Crippen LogP contribution in [0.15, 0.2) is 23.4 Å². The van der Waals surface area contributed by atoms with Gasteiger partial charge in [0.1, 0.15) is 0 Å². The molecule has 0 aliphatic carbocycles. The van der Waals surface area contributed by atoms with Gasteiger partial charge in [0.15, 0.2) is 0 Å². The van der Waals surface area contributed by atoms with Crippen LogP contribution in [0.5, 0.6) is 0 Å². The Morgan fingerprint density at radius 3 is 2.85 bits per heavy atom. The molecule has 1 saturated heterocycles. The molecule has 1 amide bonds. The summed E-state index contributed by atoms with van der Waals surface area (Å²) >= 11 is 1.67. The molecule has 4 nitrogen and oxygen atoms in total. The van der Waals surface area contributed by atoms with E-state index in [9.17, 15) is 4.79 Å². The first kappa shape index (κ1) is 15.3. The van der Waals surface area contributed by atoms with Gasteiger partial charge in [-0.05, 0) is 18.6 Å². The maximum Gasteiger partial charge on any atom is 0.254 e. The number of thioether (sulfide) groups is 1. The van der Waals surface area contributed by atoms with Crippen LogP contribution in [-0.4, -0.2) is 46.8 Å². The van der Waals surface area contributed by atoms with E-state index < -0.39 is 0 Å². The number of nitrogens with zero attached hydrogens (tertiary/aromatic N) is 2. The molecule has 1 aliphatic heterocycles. The number of amides is 1. The molecule has 0 bridgehead atoms. The van der Waals surface area contributed by atoms with Crippen LogP contribution in [-0.2, 0) is 4.74 Å². The average molecular weight is 294 g/mol. The number of hydrogen-bond acceptors (Lipinski definition) is 4. The first-order chi connectivity index (χ1) is 9.37. The molecule has 20 heavy (non-hydrogen) atoms. The van der Waals surface area contributed by atoms with E-state index in [1.54, 1.807) is 28.9 Å². The maximum absolute atomic E-state index is 12.5. The fourth-order valence-corrected chi connectivity index (χ4v) is 3.04. The van der Waals surface area contributed by atoms with Crippen LogP contribution in [0.4, 0.5) is 0 Å². The molecular formula is C15H22N2O2S. The Bertz CT molecular complexity index is 479. The van der Waals surface area contributed by atoms with E-state index in [0.717, 1.165) is 18.1 Å². The number of aromatic nitrogens is 1. The van der Waals surface area contributed by atoms with E-state index in [4.69, 9.17) is 4.74 Å². The summed E-state index contributed by atoms with van der Waals surface area (Å²) in [4.78, 5) is 18.6. The average Bonchev–Trinajstić information content (AvgIpc) is 2.89. The summed E-state index contributed by atoms with van der Waals surface area (Å²) in [7, 11) is 1.85. The maximum atomic E-state index is 12.5. The molecule has 1 aromatic heterocycles. The molecule has 1 fully saturated rings. The van der Waals surface area contributed by atoms with E-state index in [2.05, 4.69) is 25.8 Å². The minimum atomic E-state index is 0.0404. The molecule has 0 aromatic carbocycles. The summed E-state index contributed by atoms with van der Waals surface area (Å²) in [5.41, 5.74) is 0.696. The quantitative estimate of drug-likeness (QED) is 0.804. The van der Waals surface area contributed by atoms with Gasteiger partial charge in [0, 0.05) is 30.2 Å². The van der Waals surface area contributed by atoms with Gasteiger partial charge in [0.25, 0.3) is 5.91 Å². The predicted octanol–water partition coefficient (Wildman–Crippen LogP) is 2.83. The first-order valence-corrected chi connectivity index (χ1v) is 7.68. The Hall–Kier alpha value is -1.07. The van der Waals surface area contributed by atoms with Crippen molar-refractivity contribution >= 4 is 17.7 Å². The molecule has 0 saturated carbocycles. The minimum absolute atomic E-state index is 0.0404. The van der Waals surface area contributed by atoms with E-state index in [0.29, 0.717) is 12.2 Å². The zero-order valence-electron chi connectivity index (χ0n) is 12.5. The van der Waals surface area contributed by atoms with Gasteiger partial charge >= 0.3 is 0 Å². The number of rotatable bonds is 3. The molecule has 1 aliphatic rings. The van der Waals surface area contributed by atoms with E-state index in [1.807, 2.05) is 13.1 Å². The van der Waals surface area contributed by atoms with Crippen LogP contribution in [0.25, 0.3) is 0 Å². The van der Waals surface area contributed by atoms with Crippen molar-refractivity contribution in [2.45, 2.75) is 43.0 Å². The van der Waals surface area contributed by atoms with Crippen LogP contribution in [0.2, 0.25) is 0 Å². The Morgan fingerprint density at radius 1 is 1.50 bits per heavy atom. The topological polar surface area (TPSA) is 42.4 Å². The van der Waals surface area contributed by atoms with Crippen molar-refractivity contribution in [3.8, 4) is 0 Å². The smallest absolute Gasteiger partial charge is 0.254 e. The molecule has 2 rings (SSSR count). The van der Waals surface area contributed by atoms with Gasteiger partial charge in [-0.25, -0.2) is 4.98 Å². The molecule has 1 unspecified atom stereocenters. The number of carbonyl (C=O) groups is 1. The van der Waals surface area contributed by atoms with E-state index >= 15 is 0 Å². The van der Waals surface area contributed by atoms with Crippen LogP contribution in [0.3, 0.4) is 0 Å². The van der Waals surface area contributed by atoms with Crippen molar-refractivity contribution < 1.29 is 9.53 Å². The Balaban J connectivity index is 2.11. The van der Waals surface area contributed by atoms with Crippen LogP contribution in [0, 0.1) is 0 Å². The number of carbonyl (C=O) groups excluding carboxylic acids is 1. The predicted molar refractivity (Wildman–Crippen MR) is 81.2 cm³/mol. The zero-order chi connectivity index (χ0) is 14.8. The second kappa shape index (κ2) is 6.14. The number of likely N-dealkylation sites (N-methyl/N-ethyl adjacent to an activating group) is 1. The van der Waals surface area contributed by atoms with E-state index in [-0.39, 0.29) is 16.7 Å². The summed E-state index contributed by atoms with van der Waals surface area (Å²) in [5, 5.41) is 0.888.